The lowest BCUT2D eigenvalue weighted by atomic mass is 10.2. The Balaban J connectivity index is 3.27. The maximum Gasteiger partial charge on any atom is 0.325 e. The standard InChI is InChI=1S/C12H17N3O4/c1-8(2)14(7-10(16)19-4)12-11(15(17)18)9(3)5-6-13-12/h5-6,8H,7H2,1-4H3. The first-order chi connectivity index (χ1) is 8.88. The summed E-state index contributed by atoms with van der Waals surface area (Å²) in [6.45, 7) is 5.22. The van der Waals surface area contributed by atoms with E-state index >= 15 is 0 Å². The maximum atomic E-state index is 11.4. The zero-order chi connectivity index (χ0) is 14.6. The highest BCUT2D eigenvalue weighted by molar-refractivity contribution is 5.77. The summed E-state index contributed by atoms with van der Waals surface area (Å²) in [7, 11) is 1.28. The van der Waals surface area contributed by atoms with E-state index in [4.69, 9.17) is 0 Å². The molecule has 0 atom stereocenters. The molecule has 0 fully saturated rings. The molecule has 0 spiro atoms. The molecule has 0 aliphatic rings. The third-order valence-electron chi connectivity index (χ3n) is 2.71. The largest absolute Gasteiger partial charge is 0.468 e. The number of aromatic nitrogens is 1. The number of carbonyl (C=O) groups is 1. The van der Waals surface area contributed by atoms with Gasteiger partial charge in [-0.2, -0.15) is 0 Å². The highest BCUT2D eigenvalue weighted by Crippen LogP contribution is 2.29. The van der Waals surface area contributed by atoms with E-state index in [0.29, 0.717) is 5.56 Å². The minimum atomic E-state index is -0.482. The highest BCUT2D eigenvalue weighted by Gasteiger charge is 2.26. The monoisotopic (exact) mass is 267 g/mol. The number of methoxy groups -OCH3 is 1. The molecule has 0 aliphatic carbocycles. The molecule has 0 aromatic carbocycles. The number of nitrogens with zero attached hydrogens (tertiary/aromatic N) is 3. The Morgan fingerprint density at radius 1 is 1.58 bits per heavy atom. The SMILES string of the molecule is COC(=O)CN(c1nccc(C)c1[N+](=O)[O-])C(C)C. The summed E-state index contributed by atoms with van der Waals surface area (Å²) in [6.07, 6.45) is 1.49. The van der Waals surface area contributed by atoms with Gasteiger partial charge in [0.05, 0.1) is 12.0 Å². The zero-order valence-corrected chi connectivity index (χ0v) is 11.4. The fourth-order valence-electron chi connectivity index (χ4n) is 1.68. The number of hydrogen-bond acceptors (Lipinski definition) is 6. The van der Waals surface area contributed by atoms with Crippen molar-refractivity contribution < 1.29 is 14.5 Å². The van der Waals surface area contributed by atoms with Crippen LogP contribution in [0.3, 0.4) is 0 Å². The lowest BCUT2D eigenvalue weighted by Gasteiger charge is -2.26. The molecule has 0 saturated heterocycles. The van der Waals surface area contributed by atoms with Gasteiger partial charge in [-0.3, -0.25) is 14.9 Å². The van der Waals surface area contributed by atoms with Gasteiger partial charge in [0.15, 0.2) is 0 Å². The lowest BCUT2D eigenvalue weighted by Crippen LogP contribution is -2.37. The molecular weight excluding hydrogens is 250 g/mol. The zero-order valence-electron chi connectivity index (χ0n) is 11.4. The predicted octanol–water partition coefficient (Wildman–Crippen LogP) is 1.69. The fourth-order valence-corrected chi connectivity index (χ4v) is 1.68. The van der Waals surface area contributed by atoms with Gasteiger partial charge in [-0.1, -0.05) is 0 Å². The van der Waals surface area contributed by atoms with Gasteiger partial charge < -0.3 is 9.64 Å². The van der Waals surface area contributed by atoms with E-state index in [1.54, 1.807) is 17.9 Å². The summed E-state index contributed by atoms with van der Waals surface area (Å²) >= 11 is 0. The molecule has 0 aliphatic heterocycles. The first-order valence-corrected chi connectivity index (χ1v) is 5.82. The van der Waals surface area contributed by atoms with Crippen LogP contribution in [0.1, 0.15) is 19.4 Å². The van der Waals surface area contributed by atoms with Crippen molar-refractivity contribution in [3.05, 3.63) is 27.9 Å². The third kappa shape index (κ3) is 3.40. The number of pyridine rings is 1. The van der Waals surface area contributed by atoms with E-state index in [9.17, 15) is 14.9 Å². The summed E-state index contributed by atoms with van der Waals surface area (Å²) in [6, 6.07) is 1.45. The summed E-state index contributed by atoms with van der Waals surface area (Å²) < 4.78 is 4.60. The molecular formula is C12H17N3O4. The summed E-state index contributed by atoms with van der Waals surface area (Å²) in [5, 5.41) is 11.1. The number of hydrogen-bond donors (Lipinski definition) is 0. The minimum Gasteiger partial charge on any atom is -0.468 e. The topological polar surface area (TPSA) is 85.6 Å². The van der Waals surface area contributed by atoms with Crippen LogP contribution in [0, 0.1) is 17.0 Å². The number of anilines is 1. The summed E-state index contributed by atoms with van der Waals surface area (Å²) in [5.74, 6) is -0.281. The van der Waals surface area contributed by atoms with Crippen molar-refractivity contribution in [3.8, 4) is 0 Å². The number of esters is 1. The second kappa shape index (κ2) is 6.12. The van der Waals surface area contributed by atoms with E-state index in [1.807, 2.05) is 13.8 Å². The van der Waals surface area contributed by atoms with Crippen LogP contribution in [-0.2, 0) is 9.53 Å². The van der Waals surface area contributed by atoms with Crippen LogP contribution in [-0.4, -0.2) is 35.6 Å². The van der Waals surface area contributed by atoms with Crippen LogP contribution in [0.2, 0.25) is 0 Å². The number of carbonyl (C=O) groups excluding carboxylic acids is 1. The van der Waals surface area contributed by atoms with E-state index < -0.39 is 10.9 Å². The predicted molar refractivity (Wildman–Crippen MR) is 70.1 cm³/mol. The van der Waals surface area contributed by atoms with Crippen LogP contribution < -0.4 is 4.90 Å². The van der Waals surface area contributed by atoms with Gasteiger partial charge in [0.25, 0.3) is 0 Å². The van der Waals surface area contributed by atoms with E-state index in [-0.39, 0.29) is 24.1 Å². The molecule has 0 N–H and O–H groups in total. The van der Waals surface area contributed by atoms with E-state index in [2.05, 4.69) is 9.72 Å². The second-order valence-corrected chi connectivity index (χ2v) is 4.35. The van der Waals surface area contributed by atoms with Crippen molar-refractivity contribution in [1.82, 2.24) is 4.98 Å². The Bertz CT molecular complexity index is 488. The van der Waals surface area contributed by atoms with Gasteiger partial charge in [0.1, 0.15) is 6.54 Å². The molecule has 19 heavy (non-hydrogen) atoms. The molecule has 7 heteroatoms. The molecule has 104 valence electrons. The average molecular weight is 267 g/mol. The van der Waals surface area contributed by atoms with Crippen molar-refractivity contribution in [2.45, 2.75) is 26.8 Å². The molecule has 1 rings (SSSR count). The number of rotatable bonds is 5. The molecule has 0 bridgehead atoms. The molecule has 1 heterocycles. The second-order valence-electron chi connectivity index (χ2n) is 4.35. The van der Waals surface area contributed by atoms with Crippen molar-refractivity contribution in [2.24, 2.45) is 0 Å². The summed E-state index contributed by atoms with van der Waals surface area (Å²) in [5.41, 5.74) is 0.422. The Morgan fingerprint density at radius 3 is 2.68 bits per heavy atom. The Labute approximate surface area is 111 Å². The van der Waals surface area contributed by atoms with Gasteiger partial charge in [-0.05, 0) is 26.8 Å². The van der Waals surface area contributed by atoms with Crippen molar-refractivity contribution in [3.63, 3.8) is 0 Å². The third-order valence-corrected chi connectivity index (χ3v) is 2.71. The van der Waals surface area contributed by atoms with E-state index in [0.717, 1.165) is 0 Å². The molecule has 1 aromatic heterocycles. The minimum absolute atomic E-state index is 0.0779. The molecule has 0 unspecified atom stereocenters. The molecule has 0 radical (unpaired) electrons. The van der Waals surface area contributed by atoms with Crippen LogP contribution in [0.25, 0.3) is 0 Å². The summed E-state index contributed by atoms with van der Waals surface area (Å²) in [4.78, 5) is 27.7. The van der Waals surface area contributed by atoms with Crippen LogP contribution in [0.5, 0.6) is 0 Å². The highest BCUT2D eigenvalue weighted by atomic mass is 16.6. The van der Waals surface area contributed by atoms with Gasteiger partial charge in [0.2, 0.25) is 5.82 Å². The molecule has 0 amide bonds. The van der Waals surface area contributed by atoms with Crippen LogP contribution >= 0.6 is 0 Å². The molecule has 7 nitrogen and oxygen atoms in total. The normalized spacial score (nSPS) is 10.4. The lowest BCUT2D eigenvalue weighted by molar-refractivity contribution is -0.384. The maximum absolute atomic E-state index is 11.4. The quantitative estimate of drug-likeness (QED) is 0.458. The van der Waals surface area contributed by atoms with Gasteiger partial charge >= 0.3 is 11.7 Å². The Hall–Kier alpha value is -2.18. The fraction of sp³-hybridized carbons (Fsp3) is 0.500. The van der Waals surface area contributed by atoms with Crippen molar-refractivity contribution in [1.29, 1.82) is 0 Å². The Kier molecular flexibility index (Phi) is 4.80. The molecule has 1 aromatic rings. The smallest absolute Gasteiger partial charge is 0.325 e. The van der Waals surface area contributed by atoms with Crippen molar-refractivity contribution in [2.75, 3.05) is 18.6 Å². The first kappa shape index (κ1) is 14.9. The van der Waals surface area contributed by atoms with Crippen LogP contribution in [0.4, 0.5) is 11.5 Å². The number of nitro groups is 1. The first-order valence-electron chi connectivity index (χ1n) is 5.82. The number of aryl methyl sites for hydroxylation is 1. The van der Waals surface area contributed by atoms with E-state index in [1.165, 1.54) is 13.3 Å². The van der Waals surface area contributed by atoms with Gasteiger partial charge in [0, 0.05) is 17.8 Å². The average Bonchev–Trinajstić information content (AvgIpc) is 2.34. The van der Waals surface area contributed by atoms with Gasteiger partial charge in [-0.15, -0.1) is 0 Å². The van der Waals surface area contributed by atoms with Gasteiger partial charge in [-0.25, -0.2) is 4.98 Å². The Morgan fingerprint density at radius 2 is 2.21 bits per heavy atom. The van der Waals surface area contributed by atoms with Crippen molar-refractivity contribution >= 4 is 17.5 Å². The number of ether oxygens (including phenoxy) is 1. The molecule has 0 saturated carbocycles. The van der Waals surface area contributed by atoms with Crippen LogP contribution in [0.15, 0.2) is 12.3 Å².